The summed E-state index contributed by atoms with van der Waals surface area (Å²) in [6.07, 6.45) is 9.79. The number of hydrogen-bond donors (Lipinski definition) is 3. The van der Waals surface area contributed by atoms with Gasteiger partial charge in [0.2, 0.25) is 11.8 Å². The Kier molecular flexibility index (Phi) is 5.76. The van der Waals surface area contributed by atoms with E-state index in [0.717, 1.165) is 29.7 Å². The molecule has 32 heavy (non-hydrogen) atoms. The number of hydroxylamine groups is 1. The number of carbonyl (C=O) groups is 2. The maximum absolute atomic E-state index is 12.4. The van der Waals surface area contributed by atoms with Gasteiger partial charge in [-0.2, -0.15) is 0 Å². The molecule has 0 aromatic heterocycles. The molecular weight excluding hydrogens is 400 g/mol. The van der Waals surface area contributed by atoms with E-state index in [4.69, 9.17) is 5.21 Å². The standard InChI is InChI=1S/C27H32N2O3/c30-25(28-24-8-3-19(4-9-24)14-26(31)29-32)10-5-18-1-6-23(7-2-18)27-15-20-11-21(16-27)13-22(12-20)17-27/h1-4,6-9,20-22,32H,5,10-17H2,(H,28,30)(H,29,31). The highest BCUT2D eigenvalue weighted by Gasteiger charge is 2.51. The van der Waals surface area contributed by atoms with Crippen molar-refractivity contribution in [3.63, 3.8) is 0 Å². The van der Waals surface area contributed by atoms with Gasteiger partial charge in [-0.25, -0.2) is 5.48 Å². The molecule has 0 atom stereocenters. The van der Waals surface area contributed by atoms with E-state index in [0.29, 0.717) is 17.5 Å². The molecular formula is C27H32N2O3. The second-order valence-electron chi connectivity index (χ2n) is 10.4. The molecule has 0 unspecified atom stereocenters. The number of rotatable bonds is 7. The zero-order chi connectivity index (χ0) is 22.1. The third-order valence-electron chi connectivity index (χ3n) is 7.97. The van der Waals surface area contributed by atoms with Crippen molar-refractivity contribution in [3.8, 4) is 0 Å². The Morgan fingerprint density at radius 3 is 1.94 bits per heavy atom. The number of anilines is 1. The normalized spacial score (nSPS) is 27.8. The third-order valence-corrected chi connectivity index (χ3v) is 7.97. The smallest absolute Gasteiger partial charge is 0.247 e. The molecule has 4 aliphatic carbocycles. The lowest BCUT2D eigenvalue weighted by Crippen LogP contribution is -2.48. The highest BCUT2D eigenvalue weighted by molar-refractivity contribution is 5.90. The van der Waals surface area contributed by atoms with Crippen LogP contribution in [-0.4, -0.2) is 17.0 Å². The summed E-state index contributed by atoms with van der Waals surface area (Å²) < 4.78 is 0. The predicted molar refractivity (Wildman–Crippen MR) is 123 cm³/mol. The van der Waals surface area contributed by atoms with E-state index >= 15 is 0 Å². The van der Waals surface area contributed by atoms with Crippen molar-refractivity contribution in [1.29, 1.82) is 0 Å². The van der Waals surface area contributed by atoms with Gasteiger partial charge < -0.3 is 5.32 Å². The van der Waals surface area contributed by atoms with Crippen LogP contribution in [0.15, 0.2) is 48.5 Å². The molecule has 4 saturated carbocycles. The maximum Gasteiger partial charge on any atom is 0.247 e. The van der Waals surface area contributed by atoms with Crippen LogP contribution in [0.4, 0.5) is 5.69 Å². The lowest BCUT2D eigenvalue weighted by Gasteiger charge is -2.57. The zero-order valence-corrected chi connectivity index (χ0v) is 18.5. The maximum atomic E-state index is 12.4. The first-order chi connectivity index (χ1) is 15.5. The summed E-state index contributed by atoms with van der Waals surface area (Å²) in [4.78, 5) is 23.6. The van der Waals surface area contributed by atoms with Gasteiger partial charge in [0.05, 0.1) is 6.42 Å². The average molecular weight is 433 g/mol. The molecule has 168 valence electrons. The quantitative estimate of drug-likeness (QED) is 0.435. The van der Waals surface area contributed by atoms with E-state index in [1.165, 1.54) is 49.7 Å². The third kappa shape index (κ3) is 4.44. The number of aryl methyl sites for hydroxylation is 1. The van der Waals surface area contributed by atoms with Crippen molar-refractivity contribution < 1.29 is 14.8 Å². The topological polar surface area (TPSA) is 78.4 Å². The predicted octanol–water partition coefficient (Wildman–Crippen LogP) is 4.77. The van der Waals surface area contributed by atoms with Crippen LogP contribution in [0.3, 0.4) is 0 Å². The lowest BCUT2D eigenvalue weighted by atomic mass is 9.48. The minimum Gasteiger partial charge on any atom is -0.326 e. The van der Waals surface area contributed by atoms with Crippen LogP contribution in [-0.2, 0) is 27.8 Å². The van der Waals surface area contributed by atoms with E-state index in [9.17, 15) is 9.59 Å². The monoisotopic (exact) mass is 432 g/mol. The van der Waals surface area contributed by atoms with E-state index in [2.05, 4.69) is 29.6 Å². The second-order valence-corrected chi connectivity index (χ2v) is 10.4. The molecule has 5 nitrogen and oxygen atoms in total. The van der Waals surface area contributed by atoms with Gasteiger partial charge in [0.1, 0.15) is 0 Å². The molecule has 4 fully saturated rings. The van der Waals surface area contributed by atoms with Crippen molar-refractivity contribution >= 4 is 17.5 Å². The van der Waals surface area contributed by atoms with Gasteiger partial charge in [0.15, 0.2) is 0 Å². The summed E-state index contributed by atoms with van der Waals surface area (Å²) in [5.74, 6) is 2.37. The molecule has 2 aromatic carbocycles. The van der Waals surface area contributed by atoms with Gasteiger partial charge in [-0.05, 0) is 96.9 Å². The summed E-state index contributed by atoms with van der Waals surface area (Å²) in [6.45, 7) is 0. The first kappa shape index (κ1) is 21.2. The van der Waals surface area contributed by atoms with E-state index in [-0.39, 0.29) is 12.3 Å². The van der Waals surface area contributed by atoms with Crippen molar-refractivity contribution in [1.82, 2.24) is 5.48 Å². The van der Waals surface area contributed by atoms with Crippen molar-refractivity contribution in [3.05, 3.63) is 65.2 Å². The summed E-state index contributed by atoms with van der Waals surface area (Å²) >= 11 is 0. The molecule has 4 aliphatic rings. The molecule has 0 heterocycles. The number of carbonyl (C=O) groups excluding carboxylic acids is 2. The van der Waals surface area contributed by atoms with Crippen LogP contribution >= 0.6 is 0 Å². The molecule has 5 heteroatoms. The largest absolute Gasteiger partial charge is 0.326 e. The Balaban J connectivity index is 1.14. The molecule has 4 bridgehead atoms. The Morgan fingerprint density at radius 1 is 0.812 bits per heavy atom. The fourth-order valence-corrected chi connectivity index (χ4v) is 6.90. The van der Waals surface area contributed by atoms with Gasteiger partial charge in [0, 0.05) is 12.1 Å². The molecule has 0 saturated heterocycles. The Bertz CT molecular complexity index is 946. The first-order valence-corrected chi connectivity index (χ1v) is 11.9. The van der Waals surface area contributed by atoms with Crippen LogP contribution in [0.25, 0.3) is 0 Å². The number of benzene rings is 2. The molecule has 2 aromatic rings. The second kappa shape index (κ2) is 8.70. The van der Waals surface area contributed by atoms with Crippen LogP contribution in [0.2, 0.25) is 0 Å². The minimum absolute atomic E-state index is 0.0176. The summed E-state index contributed by atoms with van der Waals surface area (Å²) in [6, 6.07) is 16.2. The Labute approximate surface area is 189 Å². The lowest BCUT2D eigenvalue weighted by molar-refractivity contribution is -0.128. The van der Waals surface area contributed by atoms with Crippen LogP contribution in [0.1, 0.15) is 61.6 Å². The molecule has 2 amide bonds. The minimum atomic E-state index is -0.462. The van der Waals surface area contributed by atoms with Gasteiger partial charge in [-0.15, -0.1) is 0 Å². The molecule has 0 spiro atoms. The van der Waals surface area contributed by atoms with E-state index in [1.807, 2.05) is 0 Å². The summed E-state index contributed by atoms with van der Waals surface area (Å²) in [5, 5.41) is 11.5. The highest BCUT2D eigenvalue weighted by atomic mass is 16.5. The van der Waals surface area contributed by atoms with Crippen molar-refractivity contribution in [2.45, 2.75) is 63.2 Å². The van der Waals surface area contributed by atoms with Crippen LogP contribution in [0.5, 0.6) is 0 Å². The van der Waals surface area contributed by atoms with Gasteiger partial charge in [-0.3, -0.25) is 14.8 Å². The zero-order valence-electron chi connectivity index (χ0n) is 18.5. The van der Waals surface area contributed by atoms with Gasteiger partial charge in [-0.1, -0.05) is 36.4 Å². The van der Waals surface area contributed by atoms with E-state index in [1.54, 1.807) is 29.7 Å². The van der Waals surface area contributed by atoms with Crippen molar-refractivity contribution in [2.24, 2.45) is 17.8 Å². The SMILES string of the molecule is O=C(Cc1ccc(NC(=O)CCc2ccc(C34CC5CC(CC(C5)C3)C4)cc2)cc1)NO. The first-order valence-electron chi connectivity index (χ1n) is 11.9. The molecule has 3 N–H and O–H groups in total. The molecule has 6 rings (SSSR count). The van der Waals surface area contributed by atoms with Gasteiger partial charge in [0.25, 0.3) is 0 Å². The molecule has 0 radical (unpaired) electrons. The van der Waals surface area contributed by atoms with Gasteiger partial charge >= 0.3 is 0 Å². The highest BCUT2D eigenvalue weighted by Crippen LogP contribution is 2.60. The average Bonchev–Trinajstić information content (AvgIpc) is 2.78. The number of hydrogen-bond acceptors (Lipinski definition) is 3. The number of nitrogens with one attached hydrogen (secondary N) is 2. The fourth-order valence-electron chi connectivity index (χ4n) is 6.90. The summed E-state index contributed by atoms with van der Waals surface area (Å²) in [7, 11) is 0. The summed E-state index contributed by atoms with van der Waals surface area (Å²) in [5.41, 5.74) is 6.26. The fraction of sp³-hybridized carbons (Fsp3) is 0.481. The Morgan fingerprint density at radius 2 is 1.38 bits per heavy atom. The molecule has 0 aliphatic heterocycles. The Hall–Kier alpha value is -2.66. The van der Waals surface area contributed by atoms with Crippen LogP contribution < -0.4 is 10.8 Å². The number of amides is 2. The van der Waals surface area contributed by atoms with Crippen LogP contribution in [0, 0.1) is 17.8 Å². The van der Waals surface area contributed by atoms with E-state index < -0.39 is 5.91 Å². The van der Waals surface area contributed by atoms with Crippen molar-refractivity contribution in [2.75, 3.05) is 5.32 Å².